The average molecular weight is 354 g/mol. The lowest BCUT2D eigenvalue weighted by atomic mass is 9.97. The molecule has 2 unspecified atom stereocenters. The fourth-order valence-corrected chi connectivity index (χ4v) is 3.72. The lowest BCUT2D eigenvalue weighted by Crippen LogP contribution is -2.55. The molecule has 0 spiro atoms. The summed E-state index contributed by atoms with van der Waals surface area (Å²) in [5.41, 5.74) is 7.87. The lowest BCUT2D eigenvalue weighted by Gasteiger charge is -2.45. The molecular weight excluding hydrogens is 326 g/mol. The Morgan fingerprint density at radius 2 is 1.67 bits per heavy atom. The Balaban J connectivity index is 2.13. The summed E-state index contributed by atoms with van der Waals surface area (Å²) in [5.74, 6) is 0. The summed E-state index contributed by atoms with van der Waals surface area (Å²) < 4.78 is 1.16. The normalized spacial score (nSPS) is 21.2. The third-order valence-electron chi connectivity index (χ3n) is 4.38. The van der Waals surface area contributed by atoms with E-state index in [4.69, 9.17) is 5.73 Å². The van der Waals surface area contributed by atoms with Gasteiger partial charge in [0.05, 0.1) is 6.04 Å². The third kappa shape index (κ3) is 4.07. The van der Waals surface area contributed by atoms with Gasteiger partial charge < -0.3 is 5.73 Å². The molecule has 0 aromatic heterocycles. The smallest absolute Gasteiger partial charge is 0.0508 e. The first-order chi connectivity index (χ1) is 9.80. The van der Waals surface area contributed by atoms with Crippen molar-refractivity contribution in [2.75, 3.05) is 26.2 Å². The number of piperazine rings is 1. The Morgan fingerprint density at radius 3 is 2.14 bits per heavy atom. The molecule has 0 radical (unpaired) electrons. The Labute approximate surface area is 137 Å². The van der Waals surface area contributed by atoms with Crippen LogP contribution in [0.5, 0.6) is 0 Å². The molecule has 1 aliphatic heterocycles. The highest BCUT2D eigenvalue weighted by atomic mass is 79.9. The van der Waals surface area contributed by atoms with Crippen LogP contribution in [0.4, 0.5) is 0 Å². The molecule has 0 amide bonds. The van der Waals surface area contributed by atoms with Crippen molar-refractivity contribution >= 4 is 15.9 Å². The van der Waals surface area contributed by atoms with E-state index in [-0.39, 0.29) is 17.6 Å². The highest BCUT2D eigenvalue weighted by Crippen LogP contribution is 2.31. The molecule has 0 aliphatic carbocycles. The molecule has 1 aromatic rings. The van der Waals surface area contributed by atoms with Crippen LogP contribution in [-0.2, 0) is 0 Å². The van der Waals surface area contributed by atoms with Crippen molar-refractivity contribution in [2.45, 2.75) is 45.3 Å². The van der Waals surface area contributed by atoms with Crippen molar-refractivity contribution in [3.8, 4) is 0 Å². The van der Waals surface area contributed by atoms with Crippen LogP contribution in [0.1, 0.15) is 39.3 Å². The SMILES string of the molecule is CC(N)C(c1ccccc1Br)N1CCN(C(C)(C)C)CC1. The Kier molecular flexibility index (Phi) is 5.47. The molecule has 1 saturated heterocycles. The Bertz CT molecular complexity index is 459. The topological polar surface area (TPSA) is 32.5 Å². The fraction of sp³-hybridized carbons (Fsp3) is 0.647. The fourth-order valence-electron chi connectivity index (χ4n) is 3.20. The zero-order chi connectivity index (χ0) is 15.6. The maximum Gasteiger partial charge on any atom is 0.0508 e. The predicted octanol–water partition coefficient (Wildman–Crippen LogP) is 3.25. The van der Waals surface area contributed by atoms with Gasteiger partial charge in [-0.05, 0) is 39.3 Å². The second kappa shape index (κ2) is 6.78. The van der Waals surface area contributed by atoms with E-state index >= 15 is 0 Å². The number of hydrogen-bond acceptors (Lipinski definition) is 3. The highest BCUT2D eigenvalue weighted by molar-refractivity contribution is 9.10. The molecule has 118 valence electrons. The van der Waals surface area contributed by atoms with E-state index in [2.05, 4.69) is 77.7 Å². The third-order valence-corrected chi connectivity index (χ3v) is 5.10. The molecule has 21 heavy (non-hydrogen) atoms. The monoisotopic (exact) mass is 353 g/mol. The number of benzene rings is 1. The van der Waals surface area contributed by atoms with Gasteiger partial charge in [0.15, 0.2) is 0 Å². The molecule has 0 saturated carbocycles. The quantitative estimate of drug-likeness (QED) is 0.904. The van der Waals surface area contributed by atoms with Crippen LogP contribution >= 0.6 is 15.9 Å². The number of halogens is 1. The lowest BCUT2D eigenvalue weighted by molar-refractivity contribution is 0.0367. The summed E-state index contributed by atoms with van der Waals surface area (Å²) in [4.78, 5) is 5.09. The van der Waals surface area contributed by atoms with Gasteiger partial charge in [-0.2, -0.15) is 0 Å². The molecule has 3 nitrogen and oxygen atoms in total. The van der Waals surface area contributed by atoms with Crippen LogP contribution in [0.3, 0.4) is 0 Å². The van der Waals surface area contributed by atoms with Crippen LogP contribution in [0.25, 0.3) is 0 Å². The van der Waals surface area contributed by atoms with Crippen molar-refractivity contribution in [3.63, 3.8) is 0 Å². The van der Waals surface area contributed by atoms with Crippen LogP contribution < -0.4 is 5.73 Å². The second-order valence-electron chi connectivity index (χ2n) is 7.02. The van der Waals surface area contributed by atoms with E-state index in [0.29, 0.717) is 0 Å². The predicted molar refractivity (Wildman–Crippen MR) is 93.4 cm³/mol. The van der Waals surface area contributed by atoms with Crippen molar-refractivity contribution in [3.05, 3.63) is 34.3 Å². The summed E-state index contributed by atoms with van der Waals surface area (Å²) in [6.07, 6.45) is 0. The van der Waals surface area contributed by atoms with Crippen LogP contribution in [-0.4, -0.2) is 47.6 Å². The molecular formula is C17H28BrN3. The molecule has 1 heterocycles. The van der Waals surface area contributed by atoms with Gasteiger partial charge in [0, 0.05) is 42.2 Å². The van der Waals surface area contributed by atoms with E-state index in [0.717, 1.165) is 30.7 Å². The summed E-state index contributed by atoms with van der Waals surface area (Å²) in [7, 11) is 0. The molecule has 2 atom stereocenters. The first-order valence-electron chi connectivity index (χ1n) is 7.80. The van der Waals surface area contributed by atoms with Crippen LogP contribution in [0.15, 0.2) is 28.7 Å². The second-order valence-corrected chi connectivity index (χ2v) is 7.87. The maximum atomic E-state index is 6.31. The van der Waals surface area contributed by atoms with E-state index in [9.17, 15) is 0 Å². The van der Waals surface area contributed by atoms with Gasteiger partial charge >= 0.3 is 0 Å². The summed E-state index contributed by atoms with van der Waals surface area (Å²) in [6, 6.07) is 8.85. The number of hydrogen-bond donors (Lipinski definition) is 1. The van der Waals surface area contributed by atoms with Gasteiger partial charge in [0.25, 0.3) is 0 Å². The van der Waals surface area contributed by atoms with Crippen LogP contribution in [0, 0.1) is 0 Å². The van der Waals surface area contributed by atoms with Crippen molar-refractivity contribution in [1.82, 2.24) is 9.80 Å². The van der Waals surface area contributed by atoms with E-state index in [1.807, 2.05) is 0 Å². The van der Waals surface area contributed by atoms with E-state index in [1.165, 1.54) is 5.56 Å². The molecule has 1 fully saturated rings. The van der Waals surface area contributed by atoms with Gasteiger partial charge in [-0.1, -0.05) is 34.1 Å². The minimum Gasteiger partial charge on any atom is -0.326 e. The van der Waals surface area contributed by atoms with Crippen molar-refractivity contribution in [1.29, 1.82) is 0 Å². The number of rotatable bonds is 3. The Hall–Kier alpha value is -0.420. The molecule has 0 bridgehead atoms. The molecule has 2 N–H and O–H groups in total. The average Bonchev–Trinajstić information content (AvgIpc) is 2.40. The van der Waals surface area contributed by atoms with Gasteiger partial charge in [-0.15, -0.1) is 0 Å². The summed E-state index contributed by atoms with van der Waals surface area (Å²) >= 11 is 3.68. The van der Waals surface area contributed by atoms with Gasteiger partial charge in [0.1, 0.15) is 0 Å². The van der Waals surface area contributed by atoms with Crippen LogP contribution in [0.2, 0.25) is 0 Å². The molecule has 1 aromatic carbocycles. The molecule has 1 aliphatic rings. The first kappa shape index (κ1) is 16.9. The van der Waals surface area contributed by atoms with Gasteiger partial charge in [-0.25, -0.2) is 0 Å². The maximum absolute atomic E-state index is 6.31. The van der Waals surface area contributed by atoms with Gasteiger partial charge in [0.2, 0.25) is 0 Å². The van der Waals surface area contributed by atoms with E-state index < -0.39 is 0 Å². The van der Waals surface area contributed by atoms with Crippen molar-refractivity contribution < 1.29 is 0 Å². The standard InChI is InChI=1S/C17H28BrN3/c1-13(19)16(14-7-5-6-8-15(14)18)20-9-11-21(12-10-20)17(2,3)4/h5-8,13,16H,9-12,19H2,1-4H3. The molecule has 4 heteroatoms. The minimum atomic E-state index is 0.116. The Morgan fingerprint density at radius 1 is 1.10 bits per heavy atom. The number of nitrogens with zero attached hydrogens (tertiary/aromatic N) is 2. The summed E-state index contributed by atoms with van der Waals surface area (Å²) in [6.45, 7) is 13.3. The van der Waals surface area contributed by atoms with E-state index in [1.54, 1.807) is 0 Å². The van der Waals surface area contributed by atoms with Crippen molar-refractivity contribution in [2.24, 2.45) is 5.73 Å². The zero-order valence-corrected chi connectivity index (χ0v) is 15.2. The zero-order valence-electron chi connectivity index (χ0n) is 13.6. The van der Waals surface area contributed by atoms with Gasteiger partial charge in [-0.3, -0.25) is 9.80 Å². The largest absolute Gasteiger partial charge is 0.326 e. The first-order valence-corrected chi connectivity index (χ1v) is 8.59. The highest BCUT2D eigenvalue weighted by Gasteiger charge is 2.31. The minimum absolute atomic E-state index is 0.116. The summed E-state index contributed by atoms with van der Waals surface area (Å²) in [5, 5.41) is 0. The number of nitrogens with two attached hydrogens (primary N) is 1. The molecule has 2 rings (SSSR count).